The summed E-state index contributed by atoms with van der Waals surface area (Å²) in [6.07, 6.45) is 0.697. The number of anilines is 1. The minimum atomic E-state index is -0.111. The molecular weight excluding hydrogens is 448 g/mol. The van der Waals surface area contributed by atoms with Gasteiger partial charge >= 0.3 is 0 Å². The first-order chi connectivity index (χ1) is 16.1. The molecular formula is C26H24N4OS2. The van der Waals surface area contributed by atoms with Crippen molar-refractivity contribution in [3.8, 4) is 0 Å². The summed E-state index contributed by atoms with van der Waals surface area (Å²) in [6, 6.07) is 26.4. The van der Waals surface area contributed by atoms with Crippen LogP contribution in [0.5, 0.6) is 0 Å². The van der Waals surface area contributed by atoms with Gasteiger partial charge in [0, 0.05) is 26.2 Å². The first kappa shape index (κ1) is 21.7. The summed E-state index contributed by atoms with van der Waals surface area (Å²) in [4.78, 5) is 20.1. The van der Waals surface area contributed by atoms with Crippen molar-refractivity contribution in [2.45, 2.75) is 16.8 Å². The molecule has 4 aromatic rings. The Balaban J connectivity index is 1.38. The van der Waals surface area contributed by atoms with Gasteiger partial charge in [0.15, 0.2) is 4.34 Å². The number of hydrogen-bond donors (Lipinski definition) is 0. The van der Waals surface area contributed by atoms with Crippen molar-refractivity contribution < 1.29 is 4.79 Å². The Morgan fingerprint density at radius 2 is 1.76 bits per heavy atom. The van der Waals surface area contributed by atoms with Crippen molar-refractivity contribution in [2.24, 2.45) is 5.10 Å². The average molecular weight is 473 g/mol. The predicted octanol–water partition coefficient (Wildman–Crippen LogP) is 5.83. The lowest BCUT2D eigenvalue weighted by molar-refractivity contribution is -0.130. The summed E-state index contributed by atoms with van der Waals surface area (Å²) in [6.45, 7) is 0. The monoisotopic (exact) mass is 472 g/mol. The van der Waals surface area contributed by atoms with E-state index in [-0.39, 0.29) is 11.9 Å². The second kappa shape index (κ2) is 9.37. The molecule has 1 aromatic heterocycles. The highest BCUT2D eigenvalue weighted by molar-refractivity contribution is 8.01. The van der Waals surface area contributed by atoms with E-state index in [1.54, 1.807) is 16.3 Å². The molecule has 0 bridgehead atoms. The van der Waals surface area contributed by atoms with Gasteiger partial charge in [-0.1, -0.05) is 66.4 Å². The highest BCUT2D eigenvalue weighted by Gasteiger charge is 2.33. The summed E-state index contributed by atoms with van der Waals surface area (Å²) in [7, 11) is 4.05. The largest absolute Gasteiger partial charge is 0.378 e. The molecule has 1 atom stereocenters. The maximum Gasteiger partial charge on any atom is 0.253 e. The number of benzene rings is 3. The zero-order valence-corrected chi connectivity index (χ0v) is 20.1. The summed E-state index contributed by atoms with van der Waals surface area (Å²) in [5.41, 5.74) is 5.19. The number of rotatable bonds is 6. The molecule has 0 saturated heterocycles. The minimum Gasteiger partial charge on any atom is -0.378 e. The number of thiazole rings is 1. The number of fused-ring (bicyclic) bond motifs is 1. The highest BCUT2D eigenvalue weighted by Crippen LogP contribution is 2.35. The Morgan fingerprint density at radius 1 is 1.03 bits per heavy atom. The van der Waals surface area contributed by atoms with Crippen LogP contribution in [0.15, 0.2) is 88.3 Å². The lowest BCUT2D eigenvalue weighted by Gasteiger charge is -2.22. The number of aromatic nitrogens is 1. The number of hydrogen-bond acceptors (Lipinski definition) is 6. The quantitative estimate of drug-likeness (QED) is 0.331. The zero-order chi connectivity index (χ0) is 22.8. The SMILES string of the molecule is CN(C)c1ccc(C2CC(c3ccccc3)=NN2C(=O)CSc2nc3ccccc3s2)cc1. The number of thioether (sulfide) groups is 1. The van der Waals surface area contributed by atoms with Crippen LogP contribution in [0.2, 0.25) is 0 Å². The maximum atomic E-state index is 13.3. The van der Waals surface area contributed by atoms with Gasteiger partial charge in [-0.3, -0.25) is 4.79 Å². The van der Waals surface area contributed by atoms with Crippen LogP contribution in [0.3, 0.4) is 0 Å². The van der Waals surface area contributed by atoms with Crippen LogP contribution < -0.4 is 4.90 Å². The van der Waals surface area contributed by atoms with Crippen molar-refractivity contribution in [1.82, 2.24) is 9.99 Å². The third-order valence-corrected chi connectivity index (χ3v) is 7.82. The fourth-order valence-corrected chi connectivity index (χ4v) is 5.82. The zero-order valence-electron chi connectivity index (χ0n) is 18.5. The van der Waals surface area contributed by atoms with Crippen LogP contribution in [-0.4, -0.2) is 41.5 Å². The molecule has 0 fully saturated rings. The molecule has 0 aliphatic carbocycles. The van der Waals surface area contributed by atoms with Crippen LogP contribution in [-0.2, 0) is 4.79 Å². The van der Waals surface area contributed by atoms with Crippen molar-refractivity contribution in [2.75, 3.05) is 24.7 Å². The standard InChI is InChI=1S/C26H24N4OS2/c1-29(2)20-14-12-19(13-15-20)23-16-22(18-8-4-3-5-9-18)28-30(23)25(31)17-32-26-27-21-10-6-7-11-24(21)33-26/h3-15,23H,16-17H2,1-2H3. The van der Waals surface area contributed by atoms with Crippen LogP contribution in [0.4, 0.5) is 5.69 Å². The molecule has 1 amide bonds. The first-order valence-corrected chi connectivity index (χ1v) is 12.6. The molecule has 0 N–H and O–H groups in total. The van der Waals surface area contributed by atoms with E-state index in [0.29, 0.717) is 12.2 Å². The second-order valence-electron chi connectivity index (χ2n) is 8.09. The number of carbonyl (C=O) groups is 1. The lowest BCUT2D eigenvalue weighted by atomic mass is 9.98. The number of amides is 1. The van der Waals surface area contributed by atoms with Crippen LogP contribution >= 0.6 is 23.1 Å². The molecule has 0 spiro atoms. The van der Waals surface area contributed by atoms with Gasteiger partial charge in [0.1, 0.15) is 0 Å². The smallest absolute Gasteiger partial charge is 0.253 e. The summed E-state index contributed by atoms with van der Waals surface area (Å²) in [5.74, 6) is 0.296. The van der Waals surface area contributed by atoms with E-state index in [0.717, 1.165) is 37.1 Å². The Kier molecular flexibility index (Phi) is 6.15. The third kappa shape index (κ3) is 4.65. The first-order valence-electron chi connectivity index (χ1n) is 10.8. The molecule has 166 valence electrons. The third-order valence-electron chi connectivity index (χ3n) is 5.66. The van der Waals surface area contributed by atoms with Gasteiger partial charge in [-0.25, -0.2) is 9.99 Å². The number of carbonyl (C=O) groups excluding carboxylic acids is 1. The second-order valence-corrected chi connectivity index (χ2v) is 10.3. The van der Waals surface area contributed by atoms with Crippen molar-refractivity contribution >= 4 is 50.6 Å². The van der Waals surface area contributed by atoms with E-state index >= 15 is 0 Å². The van der Waals surface area contributed by atoms with E-state index < -0.39 is 0 Å². The Bertz CT molecular complexity index is 1270. The Morgan fingerprint density at radius 3 is 2.48 bits per heavy atom. The van der Waals surface area contributed by atoms with Gasteiger partial charge in [-0.05, 0) is 35.4 Å². The van der Waals surface area contributed by atoms with E-state index in [4.69, 9.17) is 5.10 Å². The van der Waals surface area contributed by atoms with Gasteiger partial charge in [0.05, 0.1) is 27.7 Å². The van der Waals surface area contributed by atoms with E-state index in [9.17, 15) is 4.79 Å². The van der Waals surface area contributed by atoms with Gasteiger partial charge in [-0.2, -0.15) is 5.10 Å². The van der Waals surface area contributed by atoms with E-state index in [1.165, 1.54) is 11.8 Å². The van der Waals surface area contributed by atoms with Gasteiger partial charge in [-0.15, -0.1) is 11.3 Å². The molecule has 5 rings (SSSR count). The molecule has 2 heterocycles. The molecule has 1 aliphatic heterocycles. The van der Waals surface area contributed by atoms with Crippen LogP contribution in [0.25, 0.3) is 10.2 Å². The molecule has 7 heteroatoms. The van der Waals surface area contributed by atoms with Gasteiger partial charge < -0.3 is 4.90 Å². The summed E-state index contributed by atoms with van der Waals surface area (Å²) >= 11 is 3.10. The molecule has 0 radical (unpaired) electrons. The number of nitrogens with zero attached hydrogens (tertiary/aromatic N) is 4. The molecule has 5 nitrogen and oxygen atoms in total. The van der Waals surface area contributed by atoms with Crippen molar-refractivity contribution in [1.29, 1.82) is 0 Å². The molecule has 0 saturated carbocycles. The Hall–Kier alpha value is -3.16. The number of para-hydroxylation sites is 1. The summed E-state index contributed by atoms with van der Waals surface area (Å²) < 4.78 is 2.04. The van der Waals surface area contributed by atoms with Crippen molar-refractivity contribution in [3.05, 3.63) is 90.0 Å². The van der Waals surface area contributed by atoms with Crippen molar-refractivity contribution in [3.63, 3.8) is 0 Å². The summed E-state index contributed by atoms with van der Waals surface area (Å²) in [5, 5.41) is 6.46. The molecule has 3 aromatic carbocycles. The molecule has 1 unspecified atom stereocenters. The van der Waals surface area contributed by atoms with Crippen LogP contribution in [0, 0.1) is 0 Å². The molecule has 1 aliphatic rings. The van der Waals surface area contributed by atoms with E-state index in [2.05, 4.69) is 52.3 Å². The normalized spacial score (nSPS) is 15.6. The highest BCUT2D eigenvalue weighted by atomic mass is 32.2. The van der Waals surface area contributed by atoms with Gasteiger partial charge in [0.2, 0.25) is 0 Å². The number of hydrazone groups is 1. The fraction of sp³-hybridized carbons (Fsp3) is 0.192. The lowest BCUT2D eigenvalue weighted by Crippen LogP contribution is -2.28. The van der Waals surface area contributed by atoms with E-state index in [1.807, 2.05) is 50.5 Å². The van der Waals surface area contributed by atoms with Crippen LogP contribution in [0.1, 0.15) is 23.6 Å². The van der Waals surface area contributed by atoms with Gasteiger partial charge in [0.25, 0.3) is 5.91 Å². The molecule has 33 heavy (non-hydrogen) atoms. The average Bonchev–Trinajstić information content (AvgIpc) is 3.48. The fourth-order valence-electron chi connectivity index (χ4n) is 3.90. The minimum absolute atomic E-state index is 0.00752. The Labute approximate surface area is 201 Å². The topological polar surface area (TPSA) is 48.8 Å². The maximum absolute atomic E-state index is 13.3. The predicted molar refractivity (Wildman–Crippen MR) is 138 cm³/mol.